The quantitative estimate of drug-likeness (QED) is 0.0265. The molecule has 6 heteroatoms. The Labute approximate surface area is 346 Å². The summed E-state index contributed by atoms with van der Waals surface area (Å²) in [5.74, 6) is -0.906. The zero-order valence-electron chi connectivity index (χ0n) is 37.2. The number of hydrogen-bond donors (Lipinski definition) is 0. The first-order valence-electron chi connectivity index (χ1n) is 24.0. The molecule has 1 unspecified atom stereocenters. The van der Waals surface area contributed by atoms with Crippen molar-refractivity contribution in [3.05, 3.63) is 36.5 Å². The Bertz CT molecular complexity index is 953. The molecule has 0 radical (unpaired) electrons. The van der Waals surface area contributed by atoms with E-state index in [1.54, 1.807) is 0 Å². The Kier molecular flexibility index (Phi) is 43.4. The number of carbonyl (C=O) groups excluding carboxylic acids is 3. The van der Waals surface area contributed by atoms with Crippen molar-refractivity contribution >= 4 is 17.9 Å². The zero-order chi connectivity index (χ0) is 40.8. The van der Waals surface area contributed by atoms with Crippen LogP contribution in [-0.4, -0.2) is 37.2 Å². The van der Waals surface area contributed by atoms with Crippen molar-refractivity contribution in [1.29, 1.82) is 0 Å². The number of rotatable bonds is 43. The molecule has 0 saturated carbocycles. The Hall–Kier alpha value is -2.37. The molecule has 0 aromatic heterocycles. The maximum absolute atomic E-state index is 12.7. The topological polar surface area (TPSA) is 78.9 Å². The molecule has 1 atom stereocenters. The number of allylic oxidation sites excluding steroid dienone is 6. The summed E-state index contributed by atoms with van der Waals surface area (Å²) in [5, 5.41) is 0. The Morgan fingerprint density at radius 3 is 0.946 bits per heavy atom. The summed E-state index contributed by atoms with van der Waals surface area (Å²) in [6.45, 7) is 6.53. The lowest BCUT2D eigenvalue weighted by Crippen LogP contribution is -2.30. The zero-order valence-corrected chi connectivity index (χ0v) is 37.2. The number of carbonyl (C=O) groups is 3. The molecule has 0 aliphatic rings. The van der Waals surface area contributed by atoms with Crippen molar-refractivity contribution in [2.45, 2.75) is 252 Å². The summed E-state index contributed by atoms with van der Waals surface area (Å²) in [5.41, 5.74) is 0. The first kappa shape index (κ1) is 53.6. The fourth-order valence-electron chi connectivity index (χ4n) is 6.63. The molecular formula is C50H90O6. The highest BCUT2D eigenvalue weighted by molar-refractivity contribution is 5.71. The molecule has 6 nitrogen and oxygen atoms in total. The normalized spacial score (nSPS) is 12.3. The van der Waals surface area contributed by atoms with E-state index in [9.17, 15) is 14.4 Å². The van der Waals surface area contributed by atoms with Gasteiger partial charge in [0.25, 0.3) is 0 Å². The monoisotopic (exact) mass is 787 g/mol. The SMILES string of the molecule is CCCC/C=C\CCCCCCCC(=O)OC(COC(=O)CCCCCC/C=C\CCCC)COC(=O)CCCCCCCCC/C=C\CCCCCCCC. The first-order valence-corrected chi connectivity index (χ1v) is 24.0. The molecule has 0 spiro atoms. The van der Waals surface area contributed by atoms with E-state index in [0.29, 0.717) is 19.3 Å². The standard InChI is InChI=1S/C50H90O6/c1-4-7-10-13-16-19-22-23-24-25-26-27-29-31-34-37-40-43-49(52)55-46-47(45-54-48(51)42-39-36-33-30-21-18-15-12-9-6-3)56-50(53)44-41-38-35-32-28-20-17-14-11-8-5-2/h14-15,17-18,23-24,47H,4-13,16,19-22,25-46H2,1-3H3/b17-14-,18-15-,24-23-. The van der Waals surface area contributed by atoms with Crippen LogP contribution in [0.3, 0.4) is 0 Å². The number of unbranched alkanes of at least 4 members (excludes halogenated alkanes) is 26. The lowest BCUT2D eigenvalue weighted by Gasteiger charge is -2.18. The van der Waals surface area contributed by atoms with Crippen LogP contribution >= 0.6 is 0 Å². The maximum Gasteiger partial charge on any atom is 0.306 e. The summed E-state index contributed by atoms with van der Waals surface area (Å²) in [6, 6.07) is 0. The van der Waals surface area contributed by atoms with Gasteiger partial charge in [-0.2, -0.15) is 0 Å². The van der Waals surface area contributed by atoms with Crippen LogP contribution in [0.25, 0.3) is 0 Å². The summed E-state index contributed by atoms with van der Waals surface area (Å²) in [4.78, 5) is 37.7. The fourth-order valence-corrected chi connectivity index (χ4v) is 6.63. The van der Waals surface area contributed by atoms with Gasteiger partial charge in [-0.1, -0.05) is 179 Å². The van der Waals surface area contributed by atoms with E-state index in [4.69, 9.17) is 14.2 Å². The minimum atomic E-state index is -0.778. The third kappa shape index (κ3) is 42.8. The van der Waals surface area contributed by atoms with E-state index in [1.165, 1.54) is 116 Å². The fraction of sp³-hybridized carbons (Fsp3) is 0.820. The van der Waals surface area contributed by atoms with E-state index in [1.807, 2.05) is 0 Å². The van der Waals surface area contributed by atoms with Gasteiger partial charge in [0.05, 0.1) is 0 Å². The van der Waals surface area contributed by atoms with Crippen molar-refractivity contribution in [2.24, 2.45) is 0 Å². The Morgan fingerprint density at radius 2 is 0.607 bits per heavy atom. The van der Waals surface area contributed by atoms with Gasteiger partial charge in [-0.25, -0.2) is 0 Å². The van der Waals surface area contributed by atoms with Gasteiger partial charge in [-0.3, -0.25) is 14.4 Å². The molecule has 0 aromatic carbocycles. The predicted molar refractivity (Wildman–Crippen MR) is 238 cm³/mol. The van der Waals surface area contributed by atoms with Gasteiger partial charge < -0.3 is 14.2 Å². The number of hydrogen-bond acceptors (Lipinski definition) is 6. The third-order valence-electron chi connectivity index (χ3n) is 10.3. The van der Waals surface area contributed by atoms with Gasteiger partial charge in [0.15, 0.2) is 6.10 Å². The van der Waals surface area contributed by atoms with Crippen molar-refractivity contribution in [2.75, 3.05) is 13.2 Å². The van der Waals surface area contributed by atoms with Crippen LogP contribution in [0.4, 0.5) is 0 Å². The molecule has 0 rings (SSSR count). The second kappa shape index (κ2) is 45.3. The largest absolute Gasteiger partial charge is 0.462 e. The van der Waals surface area contributed by atoms with Gasteiger partial charge in [-0.15, -0.1) is 0 Å². The van der Waals surface area contributed by atoms with E-state index >= 15 is 0 Å². The lowest BCUT2D eigenvalue weighted by atomic mass is 10.1. The highest BCUT2D eigenvalue weighted by Crippen LogP contribution is 2.14. The second-order valence-corrected chi connectivity index (χ2v) is 16.0. The van der Waals surface area contributed by atoms with Gasteiger partial charge in [0.1, 0.15) is 13.2 Å². The van der Waals surface area contributed by atoms with E-state index in [0.717, 1.165) is 89.9 Å². The first-order chi connectivity index (χ1) is 27.5. The summed E-state index contributed by atoms with van der Waals surface area (Å²) >= 11 is 0. The molecular weight excluding hydrogens is 697 g/mol. The van der Waals surface area contributed by atoms with Gasteiger partial charge >= 0.3 is 17.9 Å². The van der Waals surface area contributed by atoms with Crippen LogP contribution in [0.2, 0.25) is 0 Å². The molecule has 0 bridgehead atoms. The number of ether oxygens (including phenoxy) is 3. The Morgan fingerprint density at radius 1 is 0.339 bits per heavy atom. The minimum Gasteiger partial charge on any atom is -0.462 e. The lowest BCUT2D eigenvalue weighted by molar-refractivity contribution is -0.167. The predicted octanol–water partition coefficient (Wildman–Crippen LogP) is 15.4. The smallest absolute Gasteiger partial charge is 0.306 e. The van der Waals surface area contributed by atoms with Crippen molar-refractivity contribution in [3.8, 4) is 0 Å². The van der Waals surface area contributed by atoms with Crippen LogP contribution in [-0.2, 0) is 28.6 Å². The molecule has 0 N–H and O–H groups in total. The van der Waals surface area contributed by atoms with E-state index < -0.39 is 6.10 Å². The van der Waals surface area contributed by atoms with Gasteiger partial charge in [0.2, 0.25) is 0 Å². The van der Waals surface area contributed by atoms with Crippen molar-refractivity contribution < 1.29 is 28.6 Å². The highest BCUT2D eigenvalue weighted by Gasteiger charge is 2.19. The minimum absolute atomic E-state index is 0.0805. The van der Waals surface area contributed by atoms with Crippen LogP contribution < -0.4 is 0 Å². The van der Waals surface area contributed by atoms with E-state index in [2.05, 4.69) is 57.2 Å². The second-order valence-electron chi connectivity index (χ2n) is 16.0. The molecule has 0 saturated heterocycles. The van der Waals surface area contributed by atoms with E-state index in [-0.39, 0.29) is 31.1 Å². The summed E-state index contributed by atoms with van der Waals surface area (Å²) < 4.78 is 16.7. The molecule has 0 aliphatic heterocycles. The Balaban J connectivity index is 4.33. The molecule has 56 heavy (non-hydrogen) atoms. The van der Waals surface area contributed by atoms with Crippen molar-refractivity contribution in [1.82, 2.24) is 0 Å². The molecule has 0 aliphatic carbocycles. The number of esters is 3. The highest BCUT2D eigenvalue weighted by atomic mass is 16.6. The van der Waals surface area contributed by atoms with Crippen LogP contribution in [0.1, 0.15) is 245 Å². The maximum atomic E-state index is 12.7. The summed E-state index contributed by atoms with van der Waals surface area (Å²) in [6.07, 6.45) is 51.3. The average Bonchev–Trinajstić information content (AvgIpc) is 3.19. The molecule has 0 aromatic rings. The van der Waals surface area contributed by atoms with Crippen LogP contribution in [0, 0.1) is 0 Å². The van der Waals surface area contributed by atoms with Crippen molar-refractivity contribution in [3.63, 3.8) is 0 Å². The third-order valence-corrected chi connectivity index (χ3v) is 10.3. The van der Waals surface area contributed by atoms with Gasteiger partial charge in [0, 0.05) is 19.3 Å². The summed E-state index contributed by atoms with van der Waals surface area (Å²) in [7, 11) is 0. The molecule has 326 valence electrons. The molecule has 0 heterocycles. The van der Waals surface area contributed by atoms with Crippen LogP contribution in [0.15, 0.2) is 36.5 Å². The van der Waals surface area contributed by atoms with Crippen LogP contribution in [0.5, 0.6) is 0 Å². The van der Waals surface area contributed by atoms with Gasteiger partial charge in [-0.05, 0) is 83.5 Å². The average molecular weight is 787 g/mol. The molecule has 0 fully saturated rings. The molecule has 0 amide bonds.